The van der Waals surface area contributed by atoms with E-state index in [1.54, 1.807) is 0 Å². The van der Waals surface area contributed by atoms with Gasteiger partial charge >= 0.3 is 0 Å². The summed E-state index contributed by atoms with van der Waals surface area (Å²) < 4.78 is 3.31. The minimum Gasteiger partial charge on any atom is -0.507 e. The first-order chi connectivity index (χ1) is 15.8. The summed E-state index contributed by atoms with van der Waals surface area (Å²) in [6.45, 7) is 4.33. The van der Waals surface area contributed by atoms with E-state index in [9.17, 15) is 5.11 Å². The Bertz CT molecular complexity index is 1730. The minimum atomic E-state index is 0.308. The van der Waals surface area contributed by atoms with Crippen LogP contribution in [0.25, 0.3) is 65.4 Å². The third-order valence-corrected chi connectivity index (χ3v) is 10.5. The number of hydrogen-bond acceptors (Lipinski definition) is 1. The van der Waals surface area contributed by atoms with Crippen LogP contribution in [0.4, 0.5) is 0 Å². The Balaban J connectivity index is 1.87. The molecule has 33 heavy (non-hydrogen) atoms. The normalized spacial score (nSPS) is 12.5. The zero-order valence-electron chi connectivity index (χ0n) is 17.5. The van der Waals surface area contributed by atoms with Crippen molar-refractivity contribution < 1.29 is 5.11 Å². The Kier molecular flexibility index (Phi) is 4.32. The van der Waals surface area contributed by atoms with Crippen LogP contribution in [0.2, 0.25) is 0 Å². The molecule has 4 N–H and O–H groups in total. The summed E-state index contributed by atoms with van der Waals surface area (Å²) in [7, 11) is 0. The second-order valence-corrected chi connectivity index (χ2v) is 12.3. The lowest BCUT2D eigenvalue weighted by atomic mass is 10.0. The van der Waals surface area contributed by atoms with E-state index >= 15 is 0 Å². The molecule has 7 heteroatoms. The summed E-state index contributed by atoms with van der Waals surface area (Å²) >= 11 is 7.00. The van der Waals surface area contributed by atoms with Gasteiger partial charge in [-0.05, 0) is 129 Å². The number of H-pyrrole nitrogens is 3. The Hall–Kier alpha value is -1.73. The molecule has 0 aliphatic heterocycles. The molecule has 0 aliphatic carbocycles. The van der Waals surface area contributed by atoms with Crippen LogP contribution in [-0.2, 0) is 0 Å². The zero-order chi connectivity index (χ0) is 22.8. The summed E-state index contributed by atoms with van der Waals surface area (Å²) in [5.74, 6) is 0.308. The van der Waals surface area contributed by atoms with Crippen LogP contribution in [-0.4, -0.2) is 20.1 Å². The van der Waals surface area contributed by atoms with E-state index in [0.29, 0.717) is 5.75 Å². The number of phenolic OH excluding ortho intramolecular Hbond substituents is 1. The molecular weight excluding hydrogens is 751 g/mol. The highest BCUT2D eigenvalue weighted by Gasteiger charge is 2.22. The van der Waals surface area contributed by atoms with Crippen molar-refractivity contribution in [1.82, 2.24) is 15.0 Å². The number of fused-ring (bicyclic) bond motifs is 12. The standard InChI is InChI=1S/C26H16I3N3O/c1-9-3-11-17(4-10(9)2)30-24-21(11)25-23(13-6-20(33)16(29)8-19(13)32-25)26-22(24)12-5-14(27)15(28)7-18(12)31-26/h3-8,30-33H,1-2H3. The molecule has 0 aliphatic rings. The molecule has 0 amide bonds. The smallest absolute Gasteiger partial charge is 0.129 e. The van der Waals surface area contributed by atoms with E-state index < -0.39 is 0 Å². The van der Waals surface area contributed by atoms with Gasteiger partial charge in [-0.2, -0.15) is 0 Å². The molecule has 4 aromatic carbocycles. The van der Waals surface area contributed by atoms with Crippen molar-refractivity contribution >= 4 is 133 Å². The van der Waals surface area contributed by atoms with Crippen molar-refractivity contribution in [3.63, 3.8) is 0 Å². The summed E-state index contributed by atoms with van der Waals surface area (Å²) in [6.07, 6.45) is 0. The molecule has 3 aromatic heterocycles. The number of aromatic amines is 3. The molecule has 0 saturated heterocycles. The molecule has 162 valence electrons. The average Bonchev–Trinajstić information content (AvgIpc) is 3.41. The maximum absolute atomic E-state index is 10.6. The minimum absolute atomic E-state index is 0.308. The number of benzene rings is 4. The molecule has 0 spiro atoms. The van der Waals surface area contributed by atoms with E-state index in [0.717, 1.165) is 47.4 Å². The number of rotatable bonds is 0. The van der Waals surface area contributed by atoms with Crippen molar-refractivity contribution in [2.24, 2.45) is 0 Å². The molecule has 0 atom stereocenters. The lowest BCUT2D eigenvalue weighted by Gasteiger charge is -2.02. The SMILES string of the molecule is Cc1cc2[nH]c3c(c2cc1C)c1[nH]c2cc(I)c(O)cc2c1c1[nH]c2cc(I)c(I)cc2c31. The lowest BCUT2D eigenvalue weighted by molar-refractivity contribution is 0.472. The fourth-order valence-electron chi connectivity index (χ4n) is 5.19. The highest BCUT2D eigenvalue weighted by molar-refractivity contribution is 14.1. The fourth-order valence-corrected chi connectivity index (χ4v) is 6.59. The fraction of sp³-hybridized carbons (Fsp3) is 0.0769. The number of phenols is 1. The van der Waals surface area contributed by atoms with Gasteiger partial charge in [-0.15, -0.1) is 0 Å². The largest absolute Gasteiger partial charge is 0.507 e. The topological polar surface area (TPSA) is 67.6 Å². The number of hydrogen-bond donors (Lipinski definition) is 4. The maximum Gasteiger partial charge on any atom is 0.129 e. The van der Waals surface area contributed by atoms with Crippen LogP contribution < -0.4 is 0 Å². The second kappa shape index (κ2) is 6.91. The van der Waals surface area contributed by atoms with Gasteiger partial charge in [0.1, 0.15) is 5.75 Å². The zero-order valence-corrected chi connectivity index (χ0v) is 24.0. The quantitative estimate of drug-likeness (QED) is 0.115. The van der Waals surface area contributed by atoms with Gasteiger partial charge in [-0.1, -0.05) is 0 Å². The lowest BCUT2D eigenvalue weighted by Crippen LogP contribution is -1.80. The predicted octanol–water partition coefficient (Wildman–Crippen LogP) is 8.73. The molecule has 7 aromatic rings. The molecule has 0 fully saturated rings. The van der Waals surface area contributed by atoms with Gasteiger partial charge in [0.15, 0.2) is 0 Å². The Morgan fingerprint density at radius 3 is 1.58 bits per heavy atom. The summed E-state index contributed by atoms with van der Waals surface area (Å²) in [5.41, 5.74) is 9.19. The second-order valence-electron chi connectivity index (χ2n) is 8.77. The van der Waals surface area contributed by atoms with E-state index in [4.69, 9.17) is 0 Å². The van der Waals surface area contributed by atoms with E-state index in [-0.39, 0.29) is 0 Å². The first-order valence-corrected chi connectivity index (χ1v) is 13.7. The highest BCUT2D eigenvalue weighted by atomic mass is 127. The van der Waals surface area contributed by atoms with Gasteiger partial charge in [0.05, 0.1) is 20.1 Å². The molecule has 7 rings (SSSR count). The van der Waals surface area contributed by atoms with Crippen molar-refractivity contribution in [2.75, 3.05) is 0 Å². The van der Waals surface area contributed by atoms with Crippen molar-refractivity contribution in [3.05, 3.63) is 58.2 Å². The average molecular weight is 767 g/mol. The van der Waals surface area contributed by atoms with Crippen LogP contribution in [0.1, 0.15) is 11.1 Å². The number of nitrogens with one attached hydrogen (secondary N) is 3. The summed E-state index contributed by atoms with van der Waals surface area (Å²) in [5, 5.41) is 17.5. The van der Waals surface area contributed by atoms with E-state index in [1.807, 2.05) is 12.1 Å². The number of aromatic nitrogens is 3. The van der Waals surface area contributed by atoms with Crippen LogP contribution in [0, 0.1) is 24.6 Å². The molecule has 0 bridgehead atoms. The predicted molar refractivity (Wildman–Crippen MR) is 164 cm³/mol. The van der Waals surface area contributed by atoms with Crippen LogP contribution in [0.5, 0.6) is 5.75 Å². The number of halogens is 3. The number of aryl methyl sites for hydroxylation is 2. The van der Waals surface area contributed by atoms with Gasteiger partial charge in [0.2, 0.25) is 0 Å². The van der Waals surface area contributed by atoms with Gasteiger partial charge in [-0.25, -0.2) is 0 Å². The summed E-state index contributed by atoms with van der Waals surface area (Å²) in [4.78, 5) is 11.2. The molecule has 0 unspecified atom stereocenters. The molecule has 4 nitrogen and oxygen atoms in total. The molecule has 3 heterocycles. The third-order valence-electron chi connectivity index (χ3n) is 6.87. The van der Waals surface area contributed by atoms with Gasteiger partial charge in [-0.3, -0.25) is 0 Å². The molecule has 0 radical (unpaired) electrons. The Morgan fingerprint density at radius 1 is 0.545 bits per heavy atom. The maximum atomic E-state index is 10.6. The third kappa shape index (κ3) is 2.72. The number of aromatic hydroxyl groups is 1. The van der Waals surface area contributed by atoms with Gasteiger partial charge in [0.25, 0.3) is 0 Å². The molecular formula is C26H16I3N3O. The molecule has 0 saturated carbocycles. The highest BCUT2D eigenvalue weighted by Crippen LogP contribution is 2.45. The van der Waals surface area contributed by atoms with E-state index in [1.165, 1.54) is 39.8 Å². The van der Waals surface area contributed by atoms with Crippen LogP contribution >= 0.6 is 67.8 Å². The Labute approximate surface area is 228 Å². The Morgan fingerprint density at radius 2 is 0.970 bits per heavy atom. The van der Waals surface area contributed by atoms with Crippen molar-refractivity contribution in [1.29, 1.82) is 0 Å². The summed E-state index contributed by atoms with van der Waals surface area (Å²) in [6, 6.07) is 13.0. The van der Waals surface area contributed by atoms with Crippen LogP contribution in [0.15, 0.2) is 36.4 Å². The van der Waals surface area contributed by atoms with Gasteiger partial charge < -0.3 is 20.1 Å². The van der Waals surface area contributed by atoms with Gasteiger partial charge in [0, 0.05) is 56.0 Å². The first kappa shape index (κ1) is 20.6. The van der Waals surface area contributed by atoms with Crippen LogP contribution in [0.3, 0.4) is 0 Å². The first-order valence-electron chi connectivity index (χ1n) is 10.5. The van der Waals surface area contributed by atoms with Crippen molar-refractivity contribution in [2.45, 2.75) is 13.8 Å². The van der Waals surface area contributed by atoms with E-state index in [2.05, 4.69) is 121 Å². The monoisotopic (exact) mass is 767 g/mol. The van der Waals surface area contributed by atoms with Crippen molar-refractivity contribution in [3.8, 4) is 5.75 Å².